The maximum Gasteiger partial charge on any atom is 0.255 e. The Morgan fingerprint density at radius 1 is 1.38 bits per heavy atom. The predicted molar refractivity (Wildman–Crippen MR) is 87.2 cm³/mol. The summed E-state index contributed by atoms with van der Waals surface area (Å²) in [4.78, 5) is 16.3. The summed E-state index contributed by atoms with van der Waals surface area (Å²) in [6, 6.07) is 8.90. The van der Waals surface area contributed by atoms with Crippen LogP contribution < -0.4 is 10.3 Å². The van der Waals surface area contributed by atoms with Gasteiger partial charge in [0.2, 0.25) is 0 Å². The first kappa shape index (κ1) is 16.0. The minimum atomic E-state index is -0.156. The summed E-state index contributed by atoms with van der Waals surface area (Å²) >= 11 is 9.24. The Labute approximate surface area is 136 Å². The standard InChI is InChI=1S/C15H16BrClN2O2/c1-10(2)15-18-13(17)9-14(20)19(15)6-7-21-12-5-3-4-11(16)8-12/h3-5,8-10H,6-7H2,1-2H3. The Hall–Kier alpha value is -1.33. The topological polar surface area (TPSA) is 44.1 Å². The molecule has 0 unspecified atom stereocenters. The lowest BCUT2D eigenvalue weighted by atomic mass is 10.2. The molecule has 0 aliphatic heterocycles. The zero-order valence-corrected chi connectivity index (χ0v) is 14.2. The molecule has 0 spiro atoms. The minimum Gasteiger partial charge on any atom is -0.492 e. The normalized spacial score (nSPS) is 10.9. The number of hydrogen-bond acceptors (Lipinski definition) is 3. The van der Waals surface area contributed by atoms with Crippen LogP contribution >= 0.6 is 27.5 Å². The van der Waals surface area contributed by atoms with Gasteiger partial charge >= 0.3 is 0 Å². The van der Waals surface area contributed by atoms with Crippen LogP contribution in [0.5, 0.6) is 5.75 Å². The molecule has 6 heteroatoms. The highest BCUT2D eigenvalue weighted by Gasteiger charge is 2.11. The van der Waals surface area contributed by atoms with Crippen molar-refractivity contribution in [2.45, 2.75) is 26.3 Å². The predicted octanol–water partition coefficient (Wildman–Crippen LogP) is 3.86. The maximum absolute atomic E-state index is 12.0. The summed E-state index contributed by atoms with van der Waals surface area (Å²) < 4.78 is 8.22. The quantitative estimate of drug-likeness (QED) is 0.750. The maximum atomic E-state index is 12.0. The van der Waals surface area contributed by atoms with Gasteiger partial charge in [-0.05, 0) is 18.2 Å². The van der Waals surface area contributed by atoms with Gasteiger partial charge in [-0.25, -0.2) is 4.98 Å². The van der Waals surface area contributed by atoms with E-state index < -0.39 is 0 Å². The zero-order chi connectivity index (χ0) is 15.4. The van der Waals surface area contributed by atoms with Crippen molar-refractivity contribution in [3.63, 3.8) is 0 Å². The third-order valence-corrected chi connectivity index (χ3v) is 3.59. The molecular formula is C15H16BrClN2O2. The molecule has 2 rings (SSSR count). The second kappa shape index (κ2) is 7.09. The van der Waals surface area contributed by atoms with Crippen molar-refractivity contribution in [2.24, 2.45) is 0 Å². The van der Waals surface area contributed by atoms with Crippen molar-refractivity contribution < 1.29 is 4.74 Å². The molecule has 2 aromatic rings. The second-order valence-electron chi connectivity index (χ2n) is 4.89. The highest BCUT2D eigenvalue weighted by Crippen LogP contribution is 2.18. The van der Waals surface area contributed by atoms with Crippen LogP contribution in [0.1, 0.15) is 25.6 Å². The van der Waals surface area contributed by atoms with Crippen molar-refractivity contribution in [3.8, 4) is 5.75 Å². The van der Waals surface area contributed by atoms with E-state index in [1.807, 2.05) is 38.1 Å². The van der Waals surface area contributed by atoms with Crippen LogP contribution in [-0.2, 0) is 6.54 Å². The first-order valence-electron chi connectivity index (χ1n) is 6.63. The van der Waals surface area contributed by atoms with Gasteiger partial charge in [-0.1, -0.05) is 47.4 Å². The Morgan fingerprint density at radius 2 is 2.14 bits per heavy atom. The molecule has 0 saturated carbocycles. The van der Waals surface area contributed by atoms with Gasteiger partial charge in [0.15, 0.2) is 0 Å². The Morgan fingerprint density at radius 3 is 2.81 bits per heavy atom. The fraction of sp³-hybridized carbons (Fsp3) is 0.333. The van der Waals surface area contributed by atoms with Gasteiger partial charge < -0.3 is 4.74 Å². The van der Waals surface area contributed by atoms with Crippen LogP contribution in [0, 0.1) is 0 Å². The van der Waals surface area contributed by atoms with E-state index in [0.717, 1.165) is 10.2 Å². The molecule has 0 amide bonds. The molecule has 4 nitrogen and oxygen atoms in total. The van der Waals surface area contributed by atoms with Crippen molar-refractivity contribution in [1.29, 1.82) is 0 Å². The molecule has 0 aliphatic carbocycles. The molecule has 21 heavy (non-hydrogen) atoms. The summed E-state index contributed by atoms with van der Waals surface area (Å²) in [7, 11) is 0. The lowest BCUT2D eigenvalue weighted by Gasteiger charge is -2.15. The van der Waals surface area contributed by atoms with E-state index >= 15 is 0 Å². The van der Waals surface area contributed by atoms with E-state index in [2.05, 4.69) is 20.9 Å². The average Bonchev–Trinajstić information content (AvgIpc) is 2.40. The SMILES string of the molecule is CC(C)c1nc(Cl)cc(=O)n1CCOc1cccc(Br)c1. The number of aromatic nitrogens is 2. The van der Waals surface area contributed by atoms with Crippen LogP contribution in [0.3, 0.4) is 0 Å². The van der Waals surface area contributed by atoms with E-state index in [9.17, 15) is 4.79 Å². The Bertz CT molecular complexity index is 686. The van der Waals surface area contributed by atoms with Gasteiger partial charge in [0.25, 0.3) is 5.56 Å². The molecule has 0 N–H and O–H groups in total. The van der Waals surface area contributed by atoms with Gasteiger partial charge in [-0.2, -0.15) is 0 Å². The molecule has 0 bridgehead atoms. The van der Waals surface area contributed by atoms with Crippen molar-refractivity contribution in [2.75, 3.05) is 6.61 Å². The second-order valence-corrected chi connectivity index (χ2v) is 6.19. The summed E-state index contributed by atoms with van der Waals surface area (Å²) in [5.74, 6) is 1.54. The lowest BCUT2D eigenvalue weighted by molar-refractivity contribution is 0.292. The smallest absolute Gasteiger partial charge is 0.255 e. The van der Waals surface area contributed by atoms with Gasteiger partial charge in [-0.3, -0.25) is 9.36 Å². The summed E-state index contributed by atoms with van der Waals surface area (Å²) in [6.45, 7) is 4.77. The number of rotatable bonds is 5. The number of ether oxygens (including phenoxy) is 1. The molecule has 0 saturated heterocycles. The molecular weight excluding hydrogens is 356 g/mol. The van der Waals surface area contributed by atoms with Crippen LogP contribution in [-0.4, -0.2) is 16.2 Å². The van der Waals surface area contributed by atoms with E-state index in [1.165, 1.54) is 6.07 Å². The fourth-order valence-corrected chi connectivity index (χ4v) is 2.53. The van der Waals surface area contributed by atoms with Crippen molar-refractivity contribution in [3.05, 3.63) is 56.1 Å². The minimum absolute atomic E-state index is 0.113. The number of hydrogen-bond donors (Lipinski definition) is 0. The van der Waals surface area contributed by atoms with E-state index in [4.69, 9.17) is 16.3 Å². The first-order chi connectivity index (χ1) is 9.97. The van der Waals surface area contributed by atoms with Crippen molar-refractivity contribution in [1.82, 2.24) is 9.55 Å². The first-order valence-corrected chi connectivity index (χ1v) is 7.80. The zero-order valence-electron chi connectivity index (χ0n) is 11.8. The van der Waals surface area contributed by atoms with Crippen LogP contribution in [0.4, 0.5) is 0 Å². The van der Waals surface area contributed by atoms with Crippen LogP contribution in [0.2, 0.25) is 5.15 Å². The molecule has 0 atom stereocenters. The van der Waals surface area contributed by atoms with Crippen LogP contribution in [0.25, 0.3) is 0 Å². The van der Waals surface area contributed by atoms with E-state index in [0.29, 0.717) is 19.0 Å². The summed E-state index contributed by atoms with van der Waals surface area (Å²) in [5.41, 5.74) is -0.156. The Kier molecular flexibility index (Phi) is 5.42. The highest BCUT2D eigenvalue weighted by atomic mass is 79.9. The van der Waals surface area contributed by atoms with Gasteiger partial charge in [0.1, 0.15) is 23.3 Å². The average molecular weight is 372 g/mol. The van der Waals surface area contributed by atoms with Gasteiger partial charge in [0.05, 0.1) is 6.54 Å². The molecule has 0 aliphatic rings. The molecule has 0 radical (unpaired) electrons. The largest absolute Gasteiger partial charge is 0.492 e. The lowest BCUT2D eigenvalue weighted by Crippen LogP contribution is -2.27. The molecule has 1 heterocycles. The summed E-state index contributed by atoms with van der Waals surface area (Å²) in [5, 5.41) is 0.229. The Balaban J connectivity index is 2.11. The summed E-state index contributed by atoms with van der Waals surface area (Å²) in [6.07, 6.45) is 0. The van der Waals surface area contributed by atoms with Crippen LogP contribution in [0.15, 0.2) is 39.6 Å². The van der Waals surface area contributed by atoms with Crippen molar-refractivity contribution >= 4 is 27.5 Å². The molecule has 1 aromatic heterocycles. The van der Waals surface area contributed by atoms with E-state index in [1.54, 1.807) is 4.57 Å². The number of benzene rings is 1. The van der Waals surface area contributed by atoms with Gasteiger partial charge in [-0.15, -0.1) is 0 Å². The highest BCUT2D eigenvalue weighted by molar-refractivity contribution is 9.10. The van der Waals surface area contributed by atoms with E-state index in [-0.39, 0.29) is 16.6 Å². The molecule has 0 fully saturated rings. The molecule has 112 valence electrons. The third kappa shape index (κ3) is 4.32. The number of nitrogens with zero attached hydrogens (tertiary/aromatic N) is 2. The molecule has 1 aromatic carbocycles. The third-order valence-electron chi connectivity index (χ3n) is 2.90. The number of halogens is 2. The fourth-order valence-electron chi connectivity index (χ4n) is 1.97. The van der Waals surface area contributed by atoms with Gasteiger partial charge in [0, 0.05) is 16.5 Å². The monoisotopic (exact) mass is 370 g/mol.